The first-order valence-electron chi connectivity index (χ1n) is 6.48. The molecule has 2 atom stereocenters. The van der Waals surface area contributed by atoms with E-state index in [4.69, 9.17) is 0 Å². The highest BCUT2D eigenvalue weighted by Gasteiger charge is 2.50. The second-order valence-corrected chi connectivity index (χ2v) is 6.49. The predicted octanol–water partition coefficient (Wildman–Crippen LogP) is 2.13. The lowest BCUT2D eigenvalue weighted by Crippen LogP contribution is -2.54. The third-order valence-electron chi connectivity index (χ3n) is 4.78. The molecule has 0 aromatic heterocycles. The van der Waals surface area contributed by atoms with Crippen LogP contribution in [0.15, 0.2) is 23.3 Å². The van der Waals surface area contributed by atoms with Gasteiger partial charge in [-0.05, 0) is 45.3 Å². The fourth-order valence-corrected chi connectivity index (χ4v) is 3.00. The van der Waals surface area contributed by atoms with E-state index >= 15 is 0 Å². The quantitative estimate of drug-likeness (QED) is 0.749. The molecule has 0 aliphatic heterocycles. The summed E-state index contributed by atoms with van der Waals surface area (Å²) >= 11 is 0. The maximum absolute atomic E-state index is 11.8. The summed E-state index contributed by atoms with van der Waals surface area (Å²) in [7, 11) is 0. The first-order valence-corrected chi connectivity index (χ1v) is 6.48. The van der Waals surface area contributed by atoms with Gasteiger partial charge in [0.25, 0.3) is 0 Å². The minimum absolute atomic E-state index is 0.0162. The van der Waals surface area contributed by atoms with Gasteiger partial charge in [0.1, 0.15) is 0 Å². The number of carbonyl (C=O) groups is 1. The van der Waals surface area contributed by atoms with Crippen molar-refractivity contribution in [2.45, 2.75) is 58.2 Å². The summed E-state index contributed by atoms with van der Waals surface area (Å²) in [6, 6.07) is 0. The Morgan fingerprint density at radius 3 is 2.50 bits per heavy atom. The summed E-state index contributed by atoms with van der Waals surface area (Å²) in [5, 5.41) is 20.8. The molecule has 0 saturated heterocycles. The van der Waals surface area contributed by atoms with Crippen LogP contribution in [0.2, 0.25) is 0 Å². The molecule has 100 valence electrons. The Hall–Kier alpha value is -0.930. The Bertz CT molecular complexity index is 453. The van der Waals surface area contributed by atoms with Gasteiger partial charge in [0.2, 0.25) is 0 Å². The van der Waals surface area contributed by atoms with E-state index in [1.54, 1.807) is 19.9 Å². The Morgan fingerprint density at radius 1 is 1.33 bits per heavy atom. The molecule has 0 amide bonds. The standard InChI is InChI=1S/C15H22O3/c1-10-11-9-15(18,13(2,3)17)8-7-14(11,4)6-5-12(10)16/h5-6,17-18H,7-9H2,1-4H3/t14-,15+/m0/s1. The largest absolute Gasteiger partial charge is 0.387 e. The van der Waals surface area contributed by atoms with E-state index in [1.807, 2.05) is 13.0 Å². The SMILES string of the molecule is CC1=C2C[C@@](O)(C(C)(C)O)CC[C@]2(C)C=CC1=O. The minimum atomic E-state index is -1.16. The van der Waals surface area contributed by atoms with E-state index in [9.17, 15) is 15.0 Å². The highest BCUT2D eigenvalue weighted by Crippen LogP contribution is 2.51. The first-order chi connectivity index (χ1) is 8.09. The Labute approximate surface area is 108 Å². The van der Waals surface area contributed by atoms with Gasteiger partial charge in [-0.15, -0.1) is 0 Å². The smallest absolute Gasteiger partial charge is 0.181 e. The Kier molecular flexibility index (Phi) is 2.84. The summed E-state index contributed by atoms with van der Waals surface area (Å²) in [4.78, 5) is 11.8. The van der Waals surface area contributed by atoms with Crippen molar-refractivity contribution in [1.82, 2.24) is 0 Å². The Morgan fingerprint density at radius 2 is 1.94 bits per heavy atom. The van der Waals surface area contributed by atoms with Gasteiger partial charge in [-0.2, -0.15) is 0 Å². The monoisotopic (exact) mass is 250 g/mol. The predicted molar refractivity (Wildman–Crippen MR) is 70.1 cm³/mol. The van der Waals surface area contributed by atoms with Gasteiger partial charge in [0.15, 0.2) is 5.78 Å². The van der Waals surface area contributed by atoms with Crippen molar-refractivity contribution >= 4 is 5.78 Å². The molecule has 0 aromatic carbocycles. The van der Waals surface area contributed by atoms with Crippen molar-refractivity contribution in [3.05, 3.63) is 23.3 Å². The van der Waals surface area contributed by atoms with Crippen molar-refractivity contribution in [2.75, 3.05) is 0 Å². The molecule has 2 aliphatic rings. The molecule has 1 saturated carbocycles. The summed E-state index contributed by atoms with van der Waals surface area (Å²) < 4.78 is 0. The molecule has 0 radical (unpaired) electrons. The van der Waals surface area contributed by atoms with Crippen LogP contribution in [0, 0.1) is 5.41 Å². The third-order valence-corrected chi connectivity index (χ3v) is 4.78. The molecule has 2 rings (SSSR count). The molecule has 1 fully saturated rings. The second-order valence-electron chi connectivity index (χ2n) is 6.49. The van der Waals surface area contributed by atoms with E-state index in [1.165, 1.54) is 0 Å². The molecule has 0 spiro atoms. The minimum Gasteiger partial charge on any atom is -0.387 e. The van der Waals surface area contributed by atoms with Gasteiger partial charge in [-0.1, -0.05) is 18.6 Å². The van der Waals surface area contributed by atoms with Gasteiger partial charge in [0.05, 0.1) is 11.2 Å². The number of fused-ring (bicyclic) bond motifs is 1. The number of aliphatic hydroxyl groups is 2. The third kappa shape index (κ3) is 1.86. The lowest BCUT2D eigenvalue weighted by Gasteiger charge is -2.49. The number of ketones is 1. The molecule has 2 N–H and O–H groups in total. The maximum Gasteiger partial charge on any atom is 0.181 e. The normalized spacial score (nSPS) is 36.9. The number of hydrogen-bond donors (Lipinski definition) is 2. The topological polar surface area (TPSA) is 57.5 Å². The molecule has 0 unspecified atom stereocenters. The molecular formula is C15H22O3. The molecule has 3 nitrogen and oxygen atoms in total. The number of carbonyl (C=O) groups excluding carboxylic acids is 1. The average Bonchev–Trinajstić information content (AvgIpc) is 2.26. The summed E-state index contributed by atoms with van der Waals surface area (Å²) in [6.07, 6.45) is 5.25. The van der Waals surface area contributed by atoms with Crippen LogP contribution >= 0.6 is 0 Å². The van der Waals surface area contributed by atoms with Crippen LogP contribution in [0.1, 0.15) is 47.0 Å². The Balaban J connectivity index is 2.44. The van der Waals surface area contributed by atoms with Crippen molar-refractivity contribution < 1.29 is 15.0 Å². The van der Waals surface area contributed by atoms with E-state index in [0.29, 0.717) is 12.8 Å². The van der Waals surface area contributed by atoms with Crippen molar-refractivity contribution in [3.63, 3.8) is 0 Å². The molecule has 3 heteroatoms. The zero-order chi connectivity index (χ0) is 13.8. The summed E-state index contributed by atoms with van der Waals surface area (Å²) in [5.41, 5.74) is -0.746. The van der Waals surface area contributed by atoms with Gasteiger partial charge in [-0.3, -0.25) is 4.79 Å². The number of hydrogen-bond acceptors (Lipinski definition) is 3. The van der Waals surface area contributed by atoms with E-state index in [-0.39, 0.29) is 11.2 Å². The highest BCUT2D eigenvalue weighted by molar-refractivity contribution is 6.05. The van der Waals surface area contributed by atoms with Crippen molar-refractivity contribution in [1.29, 1.82) is 0 Å². The van der Waals surface area contributed by atoms with E-state index in [2.05, 4.69) is 6.92 Å². The van der Waals surface area contributed by atoms with Crippen LogP contribution in [0.5, 0.6) is 0 Å². The maximum atomic E-state index is 11.8. The van der Waals surface area contributed by atoms with Crippen LogP contribution in [0.25, 0.3) is 0 Å². The number of rotatable bonds is 1. The summed E-state index contributed by atoms with van der Waals surface area (Å²) in [6.45, 7) is 7.17. The van der Waals surface area contributed by atoms with E-state index in [0.717, 1.165) is 17.6 Å². The zero-order valence-corrected chi connectivity index (χ0v) is 11.6. The average molecular weight is 250 g/mol. The second kappa shape index (κ2) is 3.78. The van der Waals surface area contributed by atoms with Gasteiger partial charge in [-0.25, -0.2) is 0 Å². The van der Waals surface area contributed by atoms with Crippen LogP contribution in [0.3, 0.4) is 0 Å². The molecule has 2 aliphatic carbocycles. The first kappa shape index (κ1) is 13.5. The van der Waals surface area contributed by atoms with Gasteiger partial charge < -0.3 is 10.2 Å². The van der Waals surface area contributed by atoms with Crippen LogP contribution in [-0.2, 0) is 4.79 Å². The van der Waals surface area contributed by atoms with Crippen LogP contribution < -0.4 is 0 Å². The number of allylic oxidation sites excluding steroid dienone is 3. The summed E-state index contributed by atoms with van der Waals surface area (Å²) in [5.74, 6) is 0.0162. The lowest BCUT2D eigenvalue weighted by molar-refractivity contribution is -0.147. The fourth-order valence-electron chi connectivity index (χ4n) is 3.00. The van der Waals surface area contributed by atoms with Gasteiger partial charge in [0, 0.05) is 11.8 Å². The zero-order valence-electron chi connectivity index (χ0n) is 11.6. The molecule has 0 heterocycles. The fraction of sp³-hybridized carbons (Fsp3) is 0.667. The van der Waals surface area contributed by atoms with Crippen LogP contribution in [0.4, 0.5) is 0 Å². The highest BCUT2D eigenvalue weighted by atomic mass is 16.4. The van der Waals surface area contributed by atoms with E-state index < -0.39 is 11.2 Å². The van der Waals surface area contributed by atoms with Gasteiger partial charge >= 0.3 is 0 Å². The molecule has 0 aromatic rings. The van der Waals surface area contributed by atoms with Crippen LogP contribution in [-0.4, -0.2) is 27.2 Å². The van der Waals surface area contributed by atoms with Crippen molar-refractivity contribution in [2.24, 2.45) is 5.41 Å². The lowest BCUT2D eigenvalue weighted by atomic mass is 9.60. The molecule has 0 bridgehead atoms. The molecular weight excluding hydrogens is 228 g/mol. The molecule has 18 heavy (non-hydrogen) atoms. The van der Waals surface area contributed by atoms with Crippen molar-refractivity contribution in [3.8, 4) is 0 Å².